The zero-order valence-electron chi connectivity index (χ0n) is 15.0. The molecule has 4 aromatic rings. The molecular formula is C20H17ClFN5O. The van der Waals surface area contributed by atoms with Gasteiger partial charge in [0.25, 0.3) is 5.91 Å². The highest BCUT2D eigenvalue weighted by atomic mass is 35.5. The van der Waals surface area contributed by atoms with Crippen molar-refractivity contribution in [2.45, 2.75) is 20.0 Å². The van der Waals surface area contributed by atoms with E-state index in [-0.39, 0.29) is 23.4 Å². The van der Waals surface area contributed by atoms with E-state index in [4.69, 9.17) is 11.6 Å². The second-order valence-corrected chi connectivity index (χ2v) is 6.78. The van der Waals surface area contributed by atoms with Crippen LogP contribution in [0.4, 0.5) is 4.39 Å². The number of hydrogen-bond donors (Lipinski definition) is 2. The maximum Gasteiger partial charge on any atom is 0.256 e. The standard InChI is InChI=1S/C20H17ClFN5O/c1-12-18(19(21)27(26-12)11-13-5-3-2-4-6-13)20(28)23-10-17-24-15-8-7-14(22)9-16(15)25-17/h2-9H,10-11H2,1H3,(H,23,28)(H,24,25). The van der Waals surface area contributed by atoms with E-state index < -0.39 is 0 Å². The molecule has 6 nitrogen and oxygen atoms in total. The Balaban J connectivity index is 1.49. The Morgan fingerprint density at radius 2 is 2.04 bits per heavy atom. The molecule has 0 aliphatic carbocycles. The highest BCUT2D eigenvalue weighted by Gasteiger charge is 2.20. The minimum absolute atomic E-state index is 0.161. The van der Waals surface area contributed by atoms with Crippen LogP contribution in [0.15, 0.2) is 48.5 Å². The van der Waals surface area contributed by atoms with Gasteiger partial charge in [0.05, 0.1) is 35.4 Å². The first kappa shape index (κ1) is 18.2. The summed E-state index contributed by atoms with van der Waals surface area (Å²) in [7, 11) is 0. The number of carbonyl (C=O) groups is 1. The molecule has 4 rings (SSSR count). The summed E-state index contributed by atoms with van der Waals surface area (Å²) in [6.07, 6.45) is 0. The Labute approximate surface area is 165 Å². The van der Waals surface area contributed by atoms with Gasteiger partial charge in [-0.25, -0.2) is 14.1 Å². The summed E-state index contributed by atoms with van der Waals surface area (Å²) < 4.78 is 14.9. The molecular weight excluding hydrogens is 381 g/mol. The molecule has 0 fully saturated rings. The molecule has 0 saturated carbocycles. The van der Waals surface area contributed by atoms with Gasteiger partial charge in [-0.3, -0.25) is 4.79 Å². The van der Waals surface area contributed by atoms with Gasteiger partial charge in [-0.1, -0.05) is 41.9 Å². The van der Waals surface area contributed by atoms with Crippen LogP contribution in [0.1, 0.15) is 27.4 Å². The van der Waals surface area contributed by atoms with Crippen LogP contribution < -0.4 is 5.32 Å². The number of amides is 1. The van der Waals surface area contributed by atoms with E-state index in [1.54, 1.807) is 17.7 Å². The topological polar surface area (TPSA) is 75.6 Å². The number of imidazole rings is 1. The fourth-order valence-electron chi connectivity index (χ4n) is 3.04. The first-order chi connectivity index (χ1) is 13.5. The lowest BCUT2D eigenvalue weighted by Gasteiger charge is -2.05. The van der Waals surface area contributed by atoms with Crippen molar-refractivity contribution in [3.63, 3.8) is 0 Å². The predicted molar refractivity (Wildman–Crippen MR) is 105 cm³/mol. The Morgan fingerprint density at radius 3 is 2.82 bits per heavy atom. The van der Waals surface area contributed by atoms with Gasteiger partial charge >= 0.3 is 0 Å². The third-order valence-corrected chi connectivity index (χ3v) is 4.76. The fraction of sp³-hybridized carbons (Fsp3) is 0.150. The van der Waals surface area contributed by atoms with Crippen LogP contribution in [0, 0.1) is 12.7 Å². The Morgan fingerprint density at radius 1 is 1.25 bits per heavy atom. The van der Waals surface area contributed by atoms with E-state index in [1.165, 1.54) is 12.1 Å². The molecule has 0 spiro atoms. The maximum atomic E-state index is 13.3. The number of aromatic amines is 1. The van der Waals surface area contributed by atoms with Gasteiger partial charge in [0, 0.05) is 0 Å². The molecule has 0 unspecified atom stereocenters. The zero-order valence-corrected chi connectivity index (χ0v) is 15.8. The number of rotatable bonds is 5. The Kier molecular flexibility index (Phi) is 4.83. The van der Waals surface area contributed by atoms with Crippen molar-refractivity contribution < 1.29 is 9.18 Å². The molecule has 0 atom stereocenters. The number of nitrogens with one attached hydrogen (secondary N) is 2. The fourth-order valence-corrected chi connectivity index (χ4v) is 3.36. The lowest BCUT2D eigenvalue weighted by molar-refractivity contribution is 0.0949. The Bertz CT molecular complexity index is 1150. The third-order valence-electron chi connectivity index (χ3n) is 4.38. The summed E-state index contributed by atoms with van der Waals surface area (Å²) in [5, 5.41) is 7.45. The SMILES string of the molecule is Cc1nn(Cc2ccccc2)c(Cl)c1C(=O)NCc1nc2ccc(F)cc2[nH]1. The average Bonchev–Trinajstić information content (AvgIpc) is 3.20. The van der Waals surface area contributed by atoms with Crippen molar-refractivity contribution in [3.8, 4) is 0 Å². The number of aryl methyl sites for hydroxylation is 1. The van der Waals surface area contributed by atoms with E-state index in [2.05, 4.69) is 20.4 Å². The van der Waals surface area contributed by atoms with E-state index >= 15 is 0 Å². The predicted octanol–water partition coefficient (Wildman–Crippen LogP) is 3.84. The van der Waals surface area contributed by atoms with Gasteiger partial charge < -0.3 is 10.3 Å². The van der Waals surface area contributed by atoms with Crippen LogP contribution in [0.25, 0.3) is 11.0 Å². The summed E-state index contributed by atoms with van der Waals surface area (Å²) in [6, 6.07) is 14.0. The zero-order chi connectivity index (χ0) is 19.7. The average molecular weight is 398 g/mol. The number of H-pyrrole nitrogens is 1. The van der Waals surface area contributed by atoms with Gasteiger partial charge in [0.1, 0.15) is 16.8 Å². The van der Waals surface area contributed by atoms with E-state index in [0.717, 1.165) is 5.56 Å². The molecule has 8 heteroatoms. The van der Waals surface area contributed by atoms with E-state index in [9.17, 15) is 9.18 Å². The molecule has 1 amide bonds. The number of nitrogens with zero attached hydrogens (tertiary/aromatic N) is 3. The van der Waals surface area contributed by atoms with Gasteiger partial charge in [0.2, 0.25) is 0 Å². The maximum absolute atomic E-state index is 13.3. The quantitative estimate of drug-likeness (QED) is 0.537. The monoisotopic (exact) mass is 397 g/mol. The summed E-state index contributed by atoms with van der Waals surface area (Å²) in [5.74, 6) is -0.159. The molecule has 2 aromatic heterocycles. The second kappa shape index (κ2) is 7.44. The summed E-state index contributed by atoms with van der Waals surface area (Å²) in [5.41, 5.74) is 3.13. The van der Waals surface area contributed by atoms with Crippen LogP contribution >= 0.6 is 11.6 Å². The van der Waals surface area contributed by atoms with Crippen LogP contribution in [0.5, 0.6) is 0 Å². The van der Waals surface area contributed by atoms with Crippen molar-refractivity contribution >= 4 is 28.5 Å². The van der Waals surface area contributed by atoms with Crippen LogP contribution in [0.3, 0.4) is 0 Å². The van der Waals surface area contributed by atoms with Crippen LogP contribution in [-0.2, 0) is 13.1 Å². The molecule has 2 aromatic carbocycles. The first-order valence-corrected chi connectivity index (χ1v) is 9.08. The lowest BCUT2D eigenvalue weighted by atomic mass is 10.2. The largest absolute Gasteiger partial charge is 0.345 e. The normalized spacial score (nSPS) is 11.1. The summed E-state index contributed by atoms with van der Waals surface area (Å²) >= 11 is 6.41. The van der Waals surface area contributed by atoms with Crippen molar-refractivity contribution in [2.24, 2.45) is 0 Å². The van der Waals surface area contributed by atoms with Gasteiger partial charge in [-0.15, -0.1) is 0 Å². The lowest BCUT2D eigenvalue weighted by Crippen LogP contribution is -2.24. The van der Waals surface area contributed by atoms with Gasteiger partial charge in [-0.05, 0) is 30.7 Å². The summed E-state index contributed by atoms with van der Waals surface area (Å²) in [6.45, 7) is 2.38. The number of aromatic nitrogens is 4. The molecule has 0 saturated heterocycles. The van der Waals surface area contributed by atoms with Crippen molar-refractivity contribution in [2.75, 3.05) is 0 Å². The number of fused-ring (bicyclic) bond motifs is 1. The smallest absolute Gasteiger partial charge is 0.256 e. The van der Waals surface area contributed by atoms with Crippen molar-refractivity contribution in [3.05, 3.63) is 82.1 Å². The van der Waals surface area contributed by atoms with Gasteiger partial charge in [0.15, 0.2) is 0 Å². The Hall–Kier alpha value is -3.19. The minimum atomic E-state index is -0.347. The number of halogens is 2. The molecule has 0 bridgehead atoms. The van der Waals surface area contributed by atoms with E-state index in [0.29, 0.717) is 34.7 Å². The highest BCUT2D eigenvalue weighted by Crippen LogP contribution is 2.21. The molecule has 2 N–H and O–H groups in total. The third kappa shape index (κ3) is 3.61. The molecule has 0 aliphatic heterocycles. The first-order valence-electron chi connectivity index (χ1n) is 8.70. The second-order valence-electron chi connectivity index (χ2n) is 6.42. The van der Waals surface area contributed by atoms with Crippen molar-refractivity contribution in [1.29, 1.82) is 0 Å². The number of benzene rings is 2. The van der Waals surface area contributed by atoms with Gasteiger partial charge in [-0.2, -0.15) is 5.10 Å². The molecule has 28 heavy (non-hydrogen) atoms. The summed E-state index contributed by atoms with van der Waals surface area (Å²) in [4.78, 5) is 20.0. The molecule has 142 valence electrons. The molecule has 2 heterocycles. The van der Waals surface area contributed by atoms with Crippen LogP contribution in [0.2, 0.25) is 5.15 Å². The molecule has 0 aliphatic rings. The van der Waals surface area contributed by atoms with Crippen LogP contribution in [-0.4, -0.2) is 25.7 Å². The number of carbonyl (C=O) groups excluding carboxylic acids is 1. The van der Waals surface area contributed by atoms with E-state index in [1.807, 2.05) is 30.3 Å². The molecule has 0 radical (unpaired) electrons. The van der Waals surface area contributed by atoms with Crippen molar-refractivity contribution in [1.82, 2.24) is 25.1 Å². The minimum Gasteiger partial charge on any atom is -0.345 e. The number of hydrogen-bond acceptors (Lipinski definition) is 3. The highest BCUT2D eigenvalue weighted by molar-refractivity contribution is 6.33.